The number of piperazine rings is 1. The lowest BCUT2D eigenvalue weighted by Gasteiger charge is -2.37. The summed E-state index contributed by atoms with van der Waals surface area (Å²) in [5, 5.41) is 18.1. The Morgan fingerprint density at radius 3 is 2.77 bits per heavy atom. The largest absolute Gasteiger partial charge is 0.481 e. The molecule has 3 N–H and O–H groups in total. The molecule has 4 rings (SSSR count). The van der Waals surface area contributed by atoms with E-state index >= 15 is 0 Å². The van der Waals surface area contributed by atoms with Crippen LogP contribution in [0.5, 0.6) is 0 Å². The molecule has 2 aromatic rings. The van der Waals surface area contributed by atoms with Gasteiger partial charge in [-0.1, -0.05) is 0 Å². The molecule has 1 amide bonds. The maximum atomic E-state index is 12.7. The van der Waals surface area contributed by atoms with E-state index in [2.05, 4.69) is 20.5 Å². The highest BCUT2D eigenvalue weighted by molar-refractivity contribution is 7.91. The third-order valence-corrected chi connectivity index (χ3v) is 5.98. The highest BCUT2D eigenvalue weighted by Gasteiger charge is 2.44. The van der Waals surface area contributed by atoms with Crippen molar-refractivity contribution in [1.29, 1.82) is 0 Å². The Balaban J connectivity index is 0.000000447. The van der Waals surface area contributed by atoms with Gasteiger partial charge in [-0.25, -0.2) is 13.4 Å². The van der Waals surface area contributed by atoms with Crippen LogP contribution < -0.4 is 5.32 Å². The Kier molecular flexibility index (Phi) is 4.92. The van der Waals surface area contributed by atoms with Crippen molar-refractivity contribution in [3.8, 4) is 0 Å². The van der Waals surface area contributed by atoms with Crippen molar-refractivity contribution in [2.75, 3.05) is 24.6 Å². The van der Waals surface area contributed by atoms with Gasteiger partial charge in [-0.3, -0.25) is 14.7 Å². The van der Waals surface area contributed by atoms with Gasteiger partial charge in [0, 0.05) is 31.4 Å². The van der Waals surface area contributed by atoms with E-state index < -0.39 is 15.8 Å². The summed E-state index contributed by atoms with van der Waals surface area (Å²) in [6.45, 7) is 2.16. The first-order valence-corrected chi connectivity index (χ1v) is 9.83. The quantitative estimate of drug-likeness (QED) is 0.585. The van der Waals surface area contributed by atoms with Gasteiger partial charge < -0.3 is 15.3 Å². The van der Waals surface area contributed by atoms with Crippen LogP contribution in [-0.4, -0.2) is 82.2 Å². The molecule has 4 heterocycles. The summed E-state index contributed by atoms with van der Waals surface area (Å²) < 4.78 is 23.7. The van der Waals surface area contributed by atoms with Gasteiger partial charge >= 0.3 is 0 Å². The Hall–Kier alpha value is -2.53. The molecule has 2 aliphatic heterocycles. The zero-order chi connectivity index (χ0) is 18.9. The average molecular weight is 381 g/mol. The predicted octanol–water partition coefficient (Wildman–Crippen LogP) is -0.740. The van der Waals surface area contributed by atoms with Gasteiger partial charge in [-0.2, -0.15) is 5.10 Å². The molecular formula is C15H19N5O5S. The molecule has 0 aliphatic carbocycles. The monoisotopic (exact) mass is 381 g/mol. The van der Waals surface area contributed by atoms with E-state index in [9.17, 15) is 13.2 Å². The smallest absolute Gasteiger partial charge is 0.300 e. The number of H-pyrrole nitrogens is 1. The summed E-state index contributed by atoms with van der Waals surface area (Å²) in [6.07, 6.45) is 1.64. The fourth-order valence-electron chi connectivity index (χ4n) is 3.21. The first-order valence-electron chi connectivity index (χ1n) is 8.01. The number of amides is 1. The van der Waals surface area contributed by atoms with Crippen LogP contribution in [0.25, 0.3) is 11.0 Å². The molecule has 0 radical (unpaired) electrons. The van der Waals surface area contributed by atoms with E-state index in [1.54, 1.807) is 23.2 Å². The molecule has 0 unspecified atom stereocenters. The standard InChI is InChI=1S/C13H15N5O3S.C2H4O2/c19-13(9-2-1-8-5-15-17-12(8)16-9)18-4-3-14-10-6-22(20,21)7-11(10)18;1-2(3)4/h1-2,5,10-11,14H,3-4,6-7H2,(H,15,16,17);1H3,(H,3,4)/t10-,11+;/m1./s1. The van der Waals surface area contributed by atoms with E-state index in [0.717, 1.165) is 12.3 Å². The van der Waals surface area contributed by atoms with Crippen molar-refractivity contribution in [3.05, 3.63) is 24.0 Å². The molecule has 26 heavy (non-hydrogen) atoms. The molecule has 10 nitrogen and oxygen atoms in total. The minimum atomic E-state index is -3.10. The van der Waals surface area contributed by atoms with Crippen LogP contribution in [0.4, 0.5) is 0 Å². The fourth-order valence-corrected chi connectivity index (χ4v) is 5.17. The van der Waals surface area contributed by atoms with Crippen molar-refractivity contribution in [2.45, 2.75) is 19.0 Å². The zero-order valence-corrected chi connectivity index (χ0v) is 14.9. The number of pyridine rings is 1. The van der Waals surface area contributed by atoms with Crippen molar-refractivity contribution in [2.24, 2.45) is 0 Å². The van der Waals surface area contributed by atoms with E-state index in [-0.39, 0.29) is 29.5 Å². The molecular weight excluding hydrogens is 362 g/mol. The number of carbonyl (C=O) groups is 2. The fraction of sp³-hybridized carbons (Fsp3) is 0.467. The first kappa shape index (κ1) is 18.3. The van der Waals surface area contributed by atoms with Crippen LogP contribution >= 0.6 is 0 Å². The average Bonchev–Trinajstić information content (AvgIpc) is 3.14. The molecule has 0 bridgehead atoms. The summed E-state index contributed by atoms with van der Waals surface area (Å²) in [7, 11) is -3.10. The number of carboxylic acids is 1. The topological polar surface area (TPSA) is 145 Å². The van der Waals surface area contributed by atoms with Crippen LogP contribution in [0.3, 0.4) is 0 Å². The van der Waals surface area contributed by atoms with E-state index in [1.165, 1.54) is 0 Å². The van der Waals surface area contributed by atoms with Crippen LogP contribution in [0, 0.1) is 0 Å². The number of sulfone groups is 1. The van der Waals surface area contributed by atoms with Gasteiger partial charge in [0.25, 0.3) is 11.9 Å². The van der Waals surface area contributed by atoms with Gasteiger partial charge in [0.05, 0.1) is 23.7 Å². The first-order chi connectivity index (χ1) is 12.3. The van der Waals surface area contributed by atoms with Crippen LogP contribution in [0.1, 0.15) is 17.4 Å². The number of carboxylic acid groups (broad SMARTS) is 1. The zero-order valence-electron chi connectivity index (χ0n) is 14.0. The van der Waals surface area contributed by atoms with Gasteiger partial charge in [0.2, 0.25) is 0 Å². The second-order valence-electron chi connectivity index (χ2n) is 6.23. The number of fused-ring (bicyclic) bond motifs is 2. The molecule has 2 aromatic heterocycles. The molecule has 2 aliphatic rings. The number of hydrogen-bond donors (Lipinski definition) is 3. The third-order valence-electron chi connectivity index (χ3n) is 4.26. The van der Waals surface area contributed by atoms with Crippen LogP contribution in [0.2, 0.25) is 0 Å². The van der Waals surface area contributed by atoms with Crippen LogP contribution in [-0.2, 0) is 14.6 Å². The lowest BCUT2D eigenvalue weighted by atomic mass is 10.1. The van der Waals surface area contributed by atoms with Gasteiger partial charge in [0.1, 0.15) is 5.69 Å². The van der Waals surface area contributed by atoms with Crippen LogP contribution in [0.15, 0.2) is 18.3 Å². The van der Waals surface area contributed by atoms with Crippen molar-refractivity contribution in [3.63, 3.8) is 0 Å². The molecule has 2 saturated heterocycles. The second kappa shape index (κ2) is 7.00. The number of nitrogens with one attached hydrogen (secondary N) is 2. The number of hydrogen-bond acceptors (Lipinski definition) is 7. The lowest BCUT2D eigenvalue weighted by molar-refractivity contribution is -0.134. The number of nitrogens with zero attached hydrogens (tertiary/aromatic N) is 3. The van der Waals surface area contributed by atoms with Gasteiger partial charge in [-0.05, 0) is 12.1 Å². The van der Waals surface area contributed by atoms with Crippen molar-refractivity contribution >= 4 is 32.7 Å². The van der Waals surface area contributed by atoms with E-state index in [4.69, 9.17) is 9.90 Å². The summed E-state index contributed by atoms with van der Waals surface area (Å²) in [6, 6.07) is 2.94. The summed E-state index contributed by atoms with van der Waals surface area (Å²) in [5.74, 6) is -0.956. The SMILES string of the molecule is CC(=O)O.O=C(c1ccc2cn[nH]c2n1)N1CCN[C@@H]2CS(=O)(=O)C[C@@H]21. The second-order valence-corrected chi connectivity index (χ2v) is 8.38. The maximum absolute atomic E-state index is 12.7. The molecule has 0 aromatic carbocycles. The predicted molar refractivity (Wildman–Crippen MR) is 92.5 cm³/mol. The number of carbonyl (C=O) groups excluding carboxylic acids is 1. The minimum Gasteiger partial charge on any atom is -0.481 e. The Bertz CT molecular complexity index is 937. The molecule has 2 atom stereocenters. The number of aromatic nitrogens is 3. The number of aromatic amines is 1. The molecule has 0 saturated carbocycles. The number of aliphatic carboxylic acids is 1. The summed E-state index contributed by atoms with van der Waals surface area (Å²) in [4.78, 5) is 27.6. The lowest BCUT2D eigenvalue weighted by Crippen LogP contribution is -2.59. The molecule has 0 spiro atoms. The maximum Gasteiger partial charge on any atom is 0.300 e. The Morgan fingerprint density at radius 2 is 2.04 bits per heavy atom. The third kappa shape index (κ3) is 3.83. The number of rotatable bonds is 1. The summed E-state index contributed by atoms with van der Waals surface area (Å²) >= 11 is 0. The summed E-state index contributed by atoms with van der Waals surface area (Å²) in [5.41, 5.74) is 0.860. The highest BCUT2D eigenvalue weighted by atomic mass is 32.2. The van der Waals surface area contributed by atoms with E-state index in [0.29, 0.717) is 24.4 Å². The normalized spacial score (nSPS) is 23.8. The minimum absolute atomic E-state index is 0.0166. The molecule has 2 fully saturated rings. The molecule has 140 valence electrons. The highest BCUT2D eigenvalue weighted by Crippen LogP contribution is 2.23. The van der Waals surface area contributed by atoms with Gasteiger partial charge in [-0.15, -0.1) is 0 Å². The van der Waals surface area contributed by atoms with E-state index in [1.807, 2.05) is 0 Å². The Morgan fingerprint density at radius 1 is 1.31 bits per heavy atom. The van der Waals surface area contributed by atoms with Crippen molar-refractivity contribution < 1.29 is 23.1 Å². The molecule has 11 heteroatoms. The van der Waals surface area contributed by atoms with Crippen molar-refractivity contribution in [1.82, 2.24) is 25.4 Å². The Labute approximate surface area is 149 Å². The van der Waals surface area contributed by atoms with Gasteiger partial charge in [0.15, 0.2) is 15.5 Å².